The molecule has 1 unspecified atom stereocenters. The first kappa shape index (κ1) is 18.4. The third kappa shape index (κ3) is 3.72. The minimum atomic E-state index is -0.501. The highest BCUT2D eigenvalue weighted by atomic mass is 16.2. The first-order valence-electron chi connectivity index (χ1n) is 9.06. The van der Waals surface area contributed by atoms with Crippen molar-refractivity contribution in [2.24, 2.45) is 0 Å². The van der Waals surface area contributed by atoms with Crippen LogP contribution in [-0.2, 0) is 16.1 Å². The number of carbonyl (C=O) groups excluding carboxylic acids is 3. The largest absolute Gasteiger partial charge is 0.358 e. The Hall–Kier alpha value is -2.42. The van der Waals surface area contributed by atoms with Crippen molar-refractivity contribution in [3.63, 3.8) is 0 Å². The van der Waals surface area contributed by atoms with Crippen LogP contribution < -0.4 is 10.6 Å². The predicted molar refractivity (Wildman–Crippen MR) is 94.5 cm³/mol. The summed E-state index contributed by atoms with van der Waals surface area (Å²) in [5.41, 5.74) is 1.00. The number of amides is 3. The number of aryl methyl sites for hydroxylation is 1. The van der Waals surface area contributed by atoms with Crippen molar-refractivity contribution in [3.8, 4) is 0 Å². The van der Waals surface area contributed by atoms with Gasteiger partial charge in [-0.3, -0.25) is 19.1 Å². The van der Waals surface area contributed by atoms with Gasteiger partial charge in [0, 0.05) is 45.5 Å². The summed E-state index contributed by atoms with van der Waals surface area (Å²) in [7, 11) is 1.56. The maximum atomic E-state index is 13.0. The van der Waals surface area contributed by atoms with Crippen molar-refractivity contribution >= 4 is 17.7 Å². The lowest BCUT2D eigenvalue weighted by atomic mass is 10.1. The normalized spacial score (nSPS) is 20.3. The van der Waals surface area contributed by atoms with E-state index in [-0.39, 0.29) is 30.0 Å². The second-order valence-corrected chi connectivity index (χ2v) is 6.75. The van der Waals surface area contributed by atoms with E-state index < -0.39 is 6.04 Å². The molecule has 2 N–H and O–H groups in total. The fourth-order valence-corrected chi connectivity index (χ4v) is 3.45. The van der Waals surface area contributed by atoms with E-state index in [9.17, 15) is 14.4 Å². The van der Waals surface area contributed by atoms with Crippen molar-refractivity contribution in [3.05, 3.63) is 17.5 Å². The molecule has 3 heterocycles. The van der Waals surface area contributed by atoms with E-state index in [0.717, 1.165) is 31.6 Å². The molecule has 0 spiro atoms. The molecule has 1 aromatic rings. The molecule has 2 aliphatic heterocycles. The van der Waals surface area contributed by atoms with Gasteiger partial charge in [-0.1, -0.05) is 0 Å². The minimum absolute atomic E-state index is 0.00423. The number of likely N-dealkylation sites (N-methyl/N-ethyl adjacent to an activating group) is 1. The van der Waals surface area contributed by atoms with Gasteiger partial charge in [-0.2, -0.15) is 5.10 Å². The lowest BCUT2D eigenvalue weighted by molar-refractivity contribution is -0.135. The van der Waals surface area contributed by atoms with Crippen LogP contribution in [0.3, 0.4) is 0 Å². The molecule has 142 valence electrons. The van der Waals surface area contributed by atoms with Gasteiger partial charge in [0.25, 0.3) is 5.91 Å². The van der Waals surface area contributed by atoms with Gasteiger partial charge in [0.1, 0.15) is 12.6 Å². The van der Waals surface area contributed by atoms with Crippen LogP contribution in [0.5, 0.6) is 0 Å². The molecule has 2 fully saturated rings. The molecular weight excluding hydrogens is 336 g/mol. The van der Waals surface area contributed by atoms with Crippen LogP contribution in [-0.4, -0.2) is 83.1 Å². The van der Waals surface area contributed by atoms with E-state index >= 15 is 0 Å². The maximum Gasteiger partial charge on any atom is 0.275 e. The maximum absolute atomic E-state index is 13.0. The van der Waals surface area contributed by atoms with Crippen molar-refractivity contribution in [1.82, 2.24) is 30.2 Å². The number of hydrogen-bond donors (Lipinski definition) is 2. The van der Waals surface area contributed by atoms with Crippen LogP contribution in [0.15, 0.2) is 6.07 Å². The van der Waals surface area contributed by atoms with Gasteiger partial charge in [-0.15, -0.1) is 0 Å². The Morgan fingerprint density at radius 2 is 2.00 bits per heavy atom. The van der Waals surface area contributed by atoms with Crippen LogP contribution in [0.1, 0.15) is 29.0 Å². The number of hydrogen-bond acceptors (Lipinski definition) is 5. The molecule has 1 atom stereocenters. The van der Waals surface area contributed by atoms with Gasteiger partial charge in [0.15, 0.2) is 5.69 Å². The van der Waals surface area contributed by atoms with Crippen LogP contribution in [0.25, 0.3) is 0 Å². The Balaban J connectivity index is 1.77. The lowest BCUT2D eigenvalue weighted by Crippen LogP contribution is -2.60. The summed E-state index contributed by atoms with van der Waals surface area (Å²) in [6.07, 6.45) is 2.03. The Bertz CT molecular complexity index is 695. The van der Waals surface area contributed by atoms with Crippen LogP contribution in [0.2, 0.25) is 0 Å². The van der Waals surface area contributed by atoms with Gasteiger partial charge in [0.2, 0.25) is 11.8 Å². The van der Waals surface area contributed by atoms with E-state index in [1.165, 1.54) is 4.68 Å². The zero-order valence-corrected chi connectivity index (χ0v) is 15.3. The Labute approximate surface area is 152 Å². The highest BCUT2D eigenvalue weighted by Crippen LogP contribution is 2.16. The number of carbonyl (C=O) groups is 3. The molecule has 0 radical (unpaired) electrons. The number of rotatable bonds is 4. The monoisotopic (exact) mass is 362 g/mol. The summed E-state index contributed by atoms with van der Waals surface area (Å²) in [6, 6.07) is 1.17. The Kier molecular flexibility index (Phi) is 5.55. The molecule has 3 amide bonds. The third-order valence-electron chi connectivity index (χ3n) is 4.98. The van der Waals surface area contributed by atoms with E-state index in [4.69, 9.17) is 0 Å². The van der Waals surface area contributed by atoms with Crippen molar-refractivity contribution in [2.45, 2.75) is 32.4 Å². The van der Waals surface area contributed by atoms with Crippen molar-refractivity contribution in [1.29, 1.82) is 0 Å². The Morgan fingerprint density at radius 3 is 2.69 bits per heavy atom. The van der Waals surface area contributed by atoms with Gasteiger partial charge in [0.05, 0.1) is 0 Å². The highest BCUT2D eigenvalue weighted by molar-refractivity contribution is 5.96. The number of piperazine rings is 1. The molecule has 0 saturated carbocycles. The second kappa shape index (κ2) is 7.86. The minimum Gasteiger partial charge on any atom is -0.358 e. The molecule has 26 heavy (non-hydrogen) atoms. The average Bonchev–Trinajstić information content (AvgIpc) is 3.31. The first-order valence-corrected chi connectivity index (χ1v) is 9.06. The van der Waals surface area contributed by atoms with Gasteiger partial charge in [-0.25, -0.2) is 0 Å². The molecule has 3 rings (SSSR count). The number of nitrogens with zero attached hydrogens (tertiary/aromatic N) is 4. The molecule has 9 nitrogen and oxygen atoms in total. The lowest BCUT2D eigenvalue weighted by Gasteiger charge is -2.36. The molecule has 2 aliphatic rings. The van der Waals surface area contributed by atoms with E-state index in [1.807, 2.05) is 4.90 Å². The molecular formula is C17H26N6O3. The number of nitrogens with one attached hydrogen (secondary N) is 2. The van der Waals surface area contributed by atoms with E-state index in [1.54, 1.807) is 24.9 Å². The molecule has 0 bridgehead atoms. The molecule has 2 saturated heterocycles. The van der Waals surface area contributed by atoms with Gasteiger partial charge >= 0.3 is 0 Å². The zero-order chi connectivity index (χ0) is 18.7. The van der Waals surface area contributed by atoms with Crippen molar-refractivity contribution < 1.29 is 14.4 Å². The standard InChI is InChI=1S/C17H26N6O3/c1-12-9-13(20-23(12)11-15(24)18-2)16(25)22-8-5-19-10-14(22)17(26)21-6-3-4-7-21/h9,14,19H,3-8,10-11H2,1-2H3,(H,18,24). The number of likely N-dealkylation sites (tertiary alicyclic amines) is 1. The smallest absolute Gasteiger partial charge is 0.275 e. The zero-order valence-electron chi connectivity index (χ0n) is 15.3. The molecule has 0 aromatic carbocycles. The SMILES string of the molecule is CNC(=O)Cn1nc(C(=O)N2CCNCC2C(=O)N2CCCC2)cc1C. The summed E-state index contributed by atoms with van der Waals surface area (Å²) in [5, 5.41) is 10.0. The number of aromatic nitrogens is 2. The predicted octanol–water partition coefficient (Wildman–Crippen LogP) is -1.03. The summed E-state index contributed by atoms with van der Waals surface area (Å²) >= 11 is 0. The summed E-state index contributed by atoms with van der Waals surface area (Å²) < 4.78 is 1.51. The summed E-state index contributed by atoms with van der Waals surface area (Å²) in [5.74, 6) is -0.438. The quantitative estimate of drug-likeness (QED) is 0.714. The topological polar surface area (TPSA) is 99.6 Å². The first-order chi connectivity index (χ1) is 12.5. The van der Waals surface area contributed by atoms with Gasteiger partial charge < -0.3 is 20.4 Å². The molecule has 1 aromatic heterocycles. The second-order valence-electron chi connectivity index (χ2n) is 6.75. The summed E-state index contributed by atoms with van der Waals surface area (Å²) in [6.45, 7) is 4.95. The van der Waals surface area contributed by atoms with Crippen LogP contribution in [0, 0.1) is 6.92 Å². The van der Waals surface area contributed by atoms with Crippen molar-refractivity contribution in [2.75, 3.05) is 39.8 Å². The molecule has 9 heteroatoms. The fraction of sp³-hybridized carbons (Fsp3) is 0.647. The van der Waals surface area contributed by atoms with Crippen LogP contribution >= 0.6 is 0 Å². The third-order valence-corrected chi connectivity index (χ3v) is 4.98. The highest BCUT2D eigenvalue weighted by Gasteiger charge is 2.36. The average molecular weight is 362 g/mol. The van der Waals surface area contributed by atoms with Crippen LogP contribution in [0.4, 0.5) is 0 Å². The van der Waals surface area contributed by atoms with Gasteiger partial charge in [-0.05, 0) is 25.8 Å². The van der Waals surface area contributed by atoms with E-state index in [2.05, 4.69) is 15.7 Å². The Morgan fingerprint density at radius 1 is 1.27 bits per heavy atom. The molecule has 0 aliphatic carbocycles. The van der Waals surface area contributed by atoms with E-state index in [0.29, 0.717) is 19.6 Å². The fourth-order valence-electron chi connectivity index (χ4n) is 3.45. The summed E-state index contributed by atoms with van der Waals surface area (Å²) in [4.78, 5) is 40.8.